The Kier molecular flexibility index (Phi) is 4.46. The van der Waals surface area contributed by atoms with Crippen molar-refractivity contribution in [3.63, 3.8) is 0 Å². The predicted octanol–water partition coefficient (Wildman–Crippen LogP) is 3.80. The number of aromatic carboxylic acids is 1. The van der Waals surface area contributed by atoms with E-state index in [1.807, 2.05) is 0 Å². The number of anilines is 1. The summed E-state index contributed by atoms with van der Waals surface area (Å²) >= 11 is 5.90. The average Bonchev–Trinajstić information content (AvgIpc) is 2.40. The third kappa shape index (κ3) is 3.91. The average molecular weight is 318 g/mol. The molecule has 1 aliphatic carbocycles. The number of carboxylic acid groups (broad SMARTS) is 1. The van der Waals surface area contributed by atoms with E-state index in [1.54, 1.807) is 0 Å². The molecule has 1 saturated carbocycles. The maximum Gasteiger partial charge on any atom is 0.335 e. The molecule has 4 nitrogen and oxygen atoms in total. The minimum atomic E-state index is -2.70. The molecule has 0 unspecified atom stereocenters. The van der Waals surface area contributed by atoms with Crippen molar-refractivity contribution in [3.8, 4) is 0 Å². The number of hydrogen-bond acceptors (Lipinski definition) is 2. The Balaban J connectivity index is 2.06. The minimum Gasteiger partial charge on any atom is -0.478 e. The van der Waals surface area contributed by atoms with Gasteiger partial charge in [0.2, 0.25) is 11.8 Å². The number of amides is 1. The molecule has 0 bridgehead atoms. The highest BCUT2D eigenvalue weighted by atomic mass is 35.5. The normalized spacial score (nSPS) is 18.2. The fourth-order valence-electron chi connectivity index (χ4n) is 2.29. The summed E-state index contributed by atoms with van der Waals surface area (Å²) in [5.74, 6) is -4.75. The van der Waals surface area contributed by atoms with Gasteiger partial charge in [0.25, 0.3) is 0 Å². The van der Waals surface area contributed by atoms with Gasteiger partial charge in [-0.1, -0.05) is 11.6 Å². The van der Waals surface area contributed by atoms with Crippen molar-refractivity contribution in [3.05, 3.63) is 28.8 Å². The van der Waals surface area contributed by atoms with Crippen LogP contribution >= 0.6 is 11.6 Å². The van der Waals surface area contributed by atoms with Crippen molar-refractivity contribution in [2.45, 2.75) is 31.6 Å². The third-order valence-corrected chi connectivity index (χ3v) is 3.89. The second-order valence-electron chi connectivity index (χ2n) is 5.12. The quantitative estimate of drug-likeness (QED) is 0.891. The lowest BCUT2D eigenvalue weighted by Crippen LogP contribution is -2.31. The Hall–Kier alpha value is -1.69. The second-order valence-corrected chi connectivity index (χ2v) is 5.53. The van der Waals surface area contributed by atoms with Crippen molar-refractivity contribution in [1.82, 2.24) is 0 Å². The highest BCUT2D eigenvalue weighted by Gasteiger charge is 2.37. The first-order valence-electron chi connectivity index (χ1n) is 6.50. The number of benzene rings is 1. The highest BCUT2D eigenvalue weighted by Crippen LogP contribution is 2.36. The maximum atomic E-state index is 13.1. The molecule has 0 heterocycles. The SMILES string of the molecule is O=C(O)c1ccc(Cl)c(NC(=O)C2CCC(F)(F)CC2)c1. The van der Waals surface area contributed by atoms with Crippen LogP contribution < -0.4 is 5.32 Å². The van der Waals surface area contributed by atoms with Gasteiger partial charge in [-0.25, -0.2) is 13.6 Å². The Morgan fingerprint density at radius 1 is 1.29 bits per heavy atom. The first-order chi connectivity index (χ1) is 9.78. The van der Waals surface area contributed by atoms with Gasteiger partial charge in [0.05, 0.1) is 16.3 Å². The number of alkyl halides is 2. The van der Waals surface area contributed by atoms with Crippen molar-refractivity contribution in [2.24, 2.45) is 5.92 Å². The molecule has 2 rings (SSSR count). The van der Waals surface area contributed by atoms with Gasteiger partial charge in [0, 0.05) is 18.8 Å². The Labute approximate surface area is 125 Å². The van der Waals surface area contributed by atoms with Gasteiger partial charge in [-0.2, -0.15) is 0 Å². The van der Waals surface area contributed by atoms with E-state index in [9.17, 15) is 18.4 Å². The zero-order valence-corrected chi connectivity index (χ0v) is 11.8. The molecule has 1 aromatic carbocycles. The van der Waals surface area contributed by atoms with E-state index in [2.05, 4.69) is 5.32 Å². The molecule has 1 aliphatic rings. The molecule has 7 heteroatoms. The van der Waals surface area contributed by atoms with Crippen LogP contribution in [0.5, 0.6) is 0 Å². The molecular formula is C14H14ClF2NO3. The van der Waals surface area contributed by atoms with Crippen molar-refractivity contribution in [2.75, 3.05) is 5.32 Å². The van der Waals surface area contributed by atoms with Crippen molar-refractivity contribution >= 4 is 29.2 Å². The topological polar surface area (TPSA) is 66.4 Å². The van der Waals surface area contributed by atoms with E-state index < -0.39 is 23.7 Å². The molecule has 1 amide bonds. The van der Waals surface area contributed by atoms with E-state index in [1.165, 1.54) is 18.2 Å². The molecule has 114 valence electrons. The van der Waals surface area contributed by atoms with Gasteiger partial charge in [-0.3, -0.25) is 4.79 Å². The van der Waals surface area contributed by atoms with E-state index in [0.717, 1.165) is 0 Å². The number of carbonyl (C=O) groups excluding carboxylic acids is 1. The summed E-state index contributed by atoms with van der Waals surface area (Å²) in [4.78, 5) is 22.9. The number of carbonyl (C=O) groups is 2. The van der Waals surface area contributed by atoms with Gasteiger partial charge in [-0.05, 0) is 31.0 Å². The van der Waals surface area contributed by atoms with Crippen LogP contribution in [0.1, 0.15) is 36.0 Å². The van der Waals surface area contributed by atoms with E-state index in [0.29, 0.717) is 0 Å². The van der Waals surface area contributed by atoms with Crippen molar-refractivity contribution in [1.29, 1.82) is 0 Å². The van der Waals surface area contributed by atoms with Crippen molar-refractivity contribution < 1.29 is 23.5 Å². The summed E-state index contributed by atoms with van der Waals surface area (Å²) < 4.78 is 26.1. The Bertz CT molecular complexity index is 567. The van der Waals surface area contributed by atoms with Crippen LogP contribution in [0, 0.1) is 5.92 Å². The van der Waals surface area contributed by atoms with Crippen LogP contribution in [-0.2, 0) is 4.79 Å². The lowest BCUT2D eigenvalue weighted by atomic mass is 9.86. The summed E-state index contributed by atoms with van der Waals surface area (Å²) in [6.45, 7) is 0. The van der Waals surface area contributed by atoms with Crippen LogP contribution in [0.3, 0.4) is 0 Å². The number of halogens is 3. The largest absolute Gasteiger partial charge is 0.478 e. The van der Waals surface area contributed by atoms with Crippen LogP contribution in [-0.4, -0.2) is 22.9 Å². The summed E-state index contributed by atoms with van der Waals surface area (Å²) in [6.07, 6.45) is -0.411. The Morgan fingerprint density at radius 2 is 1.90 bits per heavy atom. The lowest BCUT2D eigenvalue weighted by molar-refractivity contribution is -0.124. The number of rotatable bonds is 3. The van der Waals surface area contributed by atoms with Gasteiger partial charge < -0.3 is 10.4 Å². The predicted molar refractivity (Wildman–Crippen MR) is 73.9 cm³/mol. The molecule has 0 saturated heterocycles. The highest BCUT2D eigenvalue weighted by molar-refractivity contribution is 6.33. The molecule has 21 heavy (non-hydrogen) atoms. The number of hydrogen-bond donors (Lipinski definition) is 2. The maximum absolute atomic E-state index is 13.1. The fraction of sp³-hybridized carbons (Fsp3) is 0.429. The number of nitrogens with one attached hydrogen (secondary N) is 1. The summed E-state index contributed by atoms with van der Waals surface area (Å²) in [6, 6.07) is 3.94. The molecule has 1 fully saturated rings. The van der Waals surface area contributed by atoms with Crippen LogP contribution in [0.2, 0.25) is 5.02 Å². The molecule has 0 aliphatic heterocycles. The standard InChI is InChI=1S/C14H14ClF2NO3/c15-10-2-1-9(13(20)21)7-11(10)18-12(19)8-3-5-14(16,17)6-4-8/h1-2,7-8H,3-6H2,(H,18,19)(H,20,21). The van der Waals surface area contributed by atoms with Gasteiger partial charge in [0.1, 0.15) is 0 Å². The molecule has 0 spiro atoms. The van der Waals surface area contributed by atoms with Crippen LogP contribution in [0.25, 0.3) is 0 Å². The molecular weight excluding hydrogens is 304 g/mol. The zero-order valence-electron chi connectivity index (χ0n) is 11.0. The monoisotopic (exact) mass is 317 g/mol. The smallest absolute Gasteiger partial charge is 0.335 e. The fourth-order valence-corrected chi connectivity index (χ4v) is 2.46. The van der Waals surface area contributed by atoms with Gasteiger partial charge in [-0.15, -0.1) is 0 Å². The van der Waals surface area contributed by atoms with Gasteiger partial charge >= 0.3 is 5.97 Å². The van der Waals surface area contributed by atoms with Gasteiger partial charge in [0.15, 0.2) is 0 Å². The molecule has 1 aromatic rings. The van der Waals surface area contributed by atoms with E-state index >= 15 is 0 Å². The molecule has 0 radical (unpaired) electrons. The zero-order chi connectivity index (χ0) is 15.6. The first kappa shape index (κ1) is 15.7. The van der Waals surface area contributed by atoms with Crippen LogP contribution in [0.15, 0.2) is 18.2 Å². The lowest BCUT2D eigenvalue weighted by Gasteiger charge is -2.27. The number of carboxylic acids is 1. The minimum absolute atomic E-state index is 0.00937. The second kappa shape index (κ2) is 5.97. The summed E-state index contributed by atoms with van der Waals surface area (Å²) in [5.41, 5.74) is 0.170. The molecule has 0 aromatic heterocycles. The summed E-state index contributed by atoms with van der Waals surface area (Å²) in [7, 11) is 0. The first-order valence-corrected chi connectivity index (χ1v) is 6.88. The molecule has 2 N–H and O–H groups in total. The van der Waals surface area contributed by atoms with Crippen LogP contribution in [0.4, 0.5) is 14.5 Å². The van der Waals surface area contributed by atoms with E-state index in [4.69, 9.17) is 16.7 Å². The molecule has 0 atom stereocenters. The Morgan fingerprint density at radius 3 is 2.48 bits per heavy atom. The van der Waals surface area contributed by atoms with E-state index in [-0.39, 0.29) is 42.0 Å². The summed E-state index contributed by atoms with van der Waals surface area (Å²) in [5, 5.41) is 11.6. The third-order valence-electron chi connectivity index (χ3n) is 3.56.